The van der Waals surface area contributed by atoms with Gasteiger partial charge in [-0.15, -0.1) is 10.2 Å². The summed E-state index contributed by atoms with van der Waals surface area (Å²) in [5.41, 5.74) is 2.01. The summed E-state index contributed by atoms with van der Waals surface area (Å²) in [5, 5.41) is 12.2. The fourth-order valence-corrected chi connectivity index (χ4v) is 3.12. The van der Waals surface area contributed by atoms with Crippen molar-refractivity contribution >= 4 is 5.82 Å². The predicted octanol–water partition coefficient (Wildman–Crippen LogP) is 1.32. The Hall–Kier alpha value is -1.98. The van der Waals surface area contributed by atoms with Gasteiger partial charge in [-0.1, -0.05) is 30.3 Å². The van der Waals surface area contributed by atoms with Crippen molar-refractivity contribution < 1.29 is 4.74 Å². The number of fused-ring (bicyclic) bond motifs is 1. The van der Waals surface area contributed by atoms with Gasteiger partial charge in [-0.2, -0.15) is 0 Å². The minimum Gasteiger partial charge on any atom is -0.373 e. The normalized spacial score (nSPS) is 24.9. The standard InChI is InChI=1S/C16H18N4O/c1-2-4-12(5-3-1)13-6-7-16(19-18-13)20-8-9-21-15-11-17-10-14(15)20/h1-7,14-15,17H,8-11H2/t14-,15+/m1/s1. The molecule has 0 radical (unpaired) electrons. The van der Waals surface area contributed by atoms with E-state index in [9.17, 15) is 0 Å². The molecule has 21 heavy (non-hydrogen) atoms. The van der Waals surface area contributed by atoms with Gasteiger partial charge >= 0.3 is 0 Å². The maximum Gasteiger partial charge on any atom is 0.151 e. The Balaban J connectivity index is 1.59. The first-order valence-corrected chi connectivity index (χ1v) is 7.40. The molecule has 2 atom stereocenters. The molecular formula is C16H18N4O. The zero-order chi connectivity index (χ0) is 14.1. The van der Waals surface area contributed by atoms with Crippen LogP contribution in [0.1, 0.15) is 0 Å². The molecule has 0 spiro atoms. The number of morpholine rings is 1. The second kappa shape index (κ2) is 5.42. The minimum absolute atomic E-state index is 0.273. The molecule has 0 aliphatic carbocycles. The molecule has 5 heteroatoms. The number of hydrogen-bond acceptors (Lipinski definition) is 5. The van der Waals surface area contributed by atoms with Crippen molar-refractivity contribution in [1.82, 2.24) is 15.5 Å². The summed E-state index contributed by atoms with van der Waals surface area (Å²) in [4.78, 5) is 2.32. The monoisotopic (exact) mass is 282 g/mol. The van der Waals surface area contributed by atoms with Crippen LogP contribution in [0.3, 0.4) is 0 Å². The SMILES string of the molecule is c1ccc(-c2ccc(N3CCO[C@H]4CNC[C@H]43)nn2)cc1. The van der Waals surface area contributed by atoms with Gasteiger partial charge in [-0.3, -0.25) is 0 Å². The van der Waals surface area contributed by atoms with Gasteiger partial charge in [0.1, 0.15) is 0 Å². The van der Waals surface area contributed by atoms with Gasteiger partial charge in [0, 0.05) is 25.2 Å². The molecule has 108 valence electrons. The minimum atomic E-state index is 0.273. The van der Waals surface area contributed by atoms with Gasteiger partial charge < -0.3 is 15.0 Å². The quantitative estimate of drug-likeness (QED) is 0.900. The molecule has 5 nitrogen and oxygen atoms in total. The van der Waals surface area contributed by atoms with Crippen molar-refractivity contribution in [3.8, 4) is 11.3 Å². The molecule has 1 N–H and O–H groups in total. The van der Waals surface area contributed by atoms with E-state index in [1.54, 1.807) is 0 Å². The first-order valence-electron chi connectivity index (χ1n) is 7.40. The summed E-state index contributed by atoms with van der Waals surface area (Å²) in [6, 6.07) is 14.6. The van der Waals surface area contributed by atoms with E-state index in [-0.39, 0.29) is 6.10 Å². The van der Waals surface area contributed by atoms with E-state index in [0.717, 1.165) is 43.3 Å². The van der Waals surface area contributed by atoms with Crippen LogP contribution in [0, 0.1) is 0 Å². The summed E-state index contributed by atoms with van der Waals surface area (Å²) in [5.74, 6) is 0.941. The van der Waals surface area contributed by atoms with Crippen molar-refractivity contribution in [3.05, 3.63) is 42.5 Å². The molecular weight excluding hydrogens is 264 g/mol. The average molecular weight is 282 g/mol. The molecule has 2 aliphatic heterocycles. The number of rotatable bonds is 2. The number of hydrogen-bond donors (Lipinski definition) is 1. The van der Waals surface area contributed by atoms with E-state index in [1.165, 1.54) is 0 Å². The summed E-state index contributed by atoms with van der Waals surface area (Å²) in [7, 11) is 0. The van der Waals surface area contributed by atoms with Gasteiger partial charge in [0.2, 0.25) is 0 Å². The Morgan fingerprint density at radius 2 is 1.95 bits per heavy atom. The van der Waals surface area contributed by atoms with Crippen molar-refractivity contribution in [1.29, 1.82) is 0 Å². The van der Waals surface area contributed by atoms with Crippen molar-refractivity contribution in [3.63, 3.8) is 0 Å². The fraction of sp³-hybridized carbons (Fsp3) is 0.375. The highest BCUT2D eigenvalue weighted by molar-refractivity contribution is 5.59. The predicted molar refractivity (Wildman–Crippen MR) is 81.2 cm³/mol. The van der Waals surface area contributed by atoms with Crippen LogP contribution in [0.4, 0.5) is 5.82 Å². The molecule has 0 saturated carbocycles. The topological polar surface area (TPSA) is 50.3 Å². The smallest absolute Gasteiger partial charge is 0.151 e. The van der Waals surface area contributed by atoms with E-state index in [0.29, 0.717) is 6.04 Å². The molecule has 2 fully saturated rings. The van der Waals surface area contributed by atoms with Crippen LogP contribution in [0.25, 0.3) is 11.3 Å². The third kappa shape index (κ3) is 2.39. The van der Waals surface area contributed by atoms with E-state index < -0.39 is 0 Å². The number of ether oxygens (including phenoxy) is 1. The first-order chi connectivity index (χ1) is 10.4. The summed E-state index contributed by atoms with van der Waals surface area (Å²) in [6.45, 7) is 3.51. The lowest BCUT2D eigenvalue weighted by molar-refractivity contribution is 0.0346. The molecule has 4 rings (SSSR count). The van der Waals surface area contributed by atoms with Gasteiger partial charge in [0.25, 0.3) is 0 Å². The Labute approximate surface area is 123 Å². The van der Waals surface area contributed by atoms with Crippen LogP contribution >= 0.6 is 0 Å². The fourth-order valence-electron chi connectivity index (χ4n) is 3.12. The Morgan fingerprint density at radius 1 is 1.05 bits per heavy atom. The highest BCUT2D eigenvalue weighted by Gasteiger charge is 2.36. The van der Waals surface area contributed by atoms with Crippen molar-refractivity contribution in [2.45, 2.75) is 12.1 Å². The lowest BCUT2D eigenvalue weighted by Gasteiger charge is -2.37. The third-order valence-corrected chi connectivity index (χ3v) is 4.21. The van der Waals surface area contributed by atoms with Crippen LogP contribution in [-0.4, -0.2) is 48.6 Å². The van der Waals surface area contributed by atoms with Gasteiger partial charge in [-0.25, -0.2) is 0 Å². The summed E-state index contributed by atoms with van der Waals surface area (Å²) >= 11 is 0. The van der Waals surface area contributed by atoms with Crippen LogP contribution in [0.15, 0.2) is 42.5 Å². The lowest BCUT2D eigenvalue weighted by Crippen LogP contribution is -2.51. The molecule has 2 aliphatic rings. The van der Waals surface area contributed by atoms with Gasteiger partial charge in [-0.05, 0) is 12.1 Å². The largest absolute Gasteiger partial charge is 0.373 e. The zero-order valence-electron chi connectivity index (χ0n) is 11.8. The molecule has 3 heterocycles. The van der Waals surface area contributed by atoms with Crippen LogP contribution in [0.5, 0.6) is 0 Å². The lowest BCUT2D eigenvalue weighted by atomic mass is 10.1. The second-order valence-electron chi connectivity index (χ2n) is 5.47. The van der Waals surface area contributed by atoms with E-state index in [2.05, 4.69) is 38.6 Å². The van der Waals surface area contributed by atoms with Crippen LogP contribution < -0.4 is 10.2 Å². The van der Waals surface area contributed by atoms with Gasteiger partial charge in [0.15, 0.2) is 5.82 Å². The molecule has 0 amide bonds. The average Bonchev–Trinajstić information content (AvgIpc) is 3.04. The Kier molecular flexibility index (Phi) is 3.29. The van der Waals surface area contributed by atoms with E-state index in [1.807, 2.05) is 24.3 Å². The molecule has 0 unspecified atom stereocenters. The maximum absolute atomic E-state index is 5.79. The van der Waals surface area contributed by atoms with Gasteiger partial charge in [0.05, 0.1) is 24.4 Å². The number of anilines is 1. The molecule has 2 saturated heterocycles. The Morgan fingerprint density at radius 3 is 2.76 bits per heavy atom. The maximum atomic E-state index is 5.79. The second-order valence-corrected chi connectivity index (χ2v) is 5.47. The zero-order valence-corrected chi connectivity index (χ0v) is 11.8. The highest BCUT2D eigenvalue weighted by atomic mass is 16.5. The molecule has 2 aromatic rings. The molecule has 1 aromatic carbocycles. The van der Waals surface area contributed by atoms with Crippen molar-refractivity contribution in [2.75, 3.05) is 31.1 Å². The summed E-state index contributed by atoms with van der Waals surface area (Å²) < 4.78 is 5.79. The number of nitrogens with zero attached hydrogens (tertiary/aromatic N) is 3. The van der Waals surface area contributed by atoms with E-state index >= 15 is 0 Å². The number of nitrogens with one attached hydrogen (secondary N) is 1. The number of aromatic nitrogens is 2. The highest BCUT2D eigenvalue weighted by Crippen LogP contribution is 2.24. The van der Waals surface area contributed by atoms with Crippen LogP contribution in [-0.2, 0) is 4.74 Å². The Bertz CT molecular complexity index is 601. The van der Waals surface area contributed by atoms with E-state index in [4.69, 9.17) is 4.74 Å². The first kappa shape index (κ1) is 12.7. The molecule has 1 aromatic heterocycles. The van der Waals surface area contributed by atoms with Crippen LogP contribution in [0.2, 0.25) is 0 Å². The summed E-state index contributed by atoms with van der Waals surface area (Å²) in [6.07, 6.45) is 0.273. The molecule has 0 bridgehead atoms. The number of benzene rings is 1. The third-order valence-electron chi connectivity index (χ3n) is 4.21. The van der Waals surface area contributed by atoms with Crippen molar-refractivity contribution in [2.24, 2.45) is 0 Å².